The number of rotatable bonds is 10. The second kappa shape index (κ2) is 11.0. The lowest BCUT2D eigenvalue weighted by molar-refractivity contribution is -0.124. The number of ether oxygens (including phenoxy) is 3. The molecule has 0 radical (unpaired) electrons. The predicted octanol–water partition coefficient (Wildman–Crippen LogP) is 2.33. The lowest BCUT2D eigenvalue weighted by atomic mass is 10.2. The molecule has 2 rings (SSSR count). The molecule has 26 heavy (non-hydrogen) atoms. The summed E-state index contributed by atoms with van der Waals surface area (Å²) in [6, 6.07) is 7.32. The van der Waals surface area contributed by atoms with Gasteiger partial charge in [-0.05, 0) is 36.6 Å². The summed E-state index contributed by atoms with van der Waals surface area (Å²) in [7, 11) is 0. The first-order valence-corrected chi connectivity index (χ1v) is 9.53. The van der Waals surface area contributed by atoms with Gasteiger partial charge in [0.25, 0.3) is 5.91 Å². The molecule has 1 atom stereocenters. The first kappa shape index (κ1) is 20.5. The van der Waals surface area contributed by atoms with Crippen LogP contribution in [0, 0.1) is 5.92 Å². The molecule has 0 spiro atoms. The van der Waals surface area contributed by atoms with Crippen LogP contribution in [-0.4, -0.2) is 62.9 Å². The molecule has 0 bridgehead atoms. The average molecular weight is 364 g/mol. The van der Waals surface area contributed by atoms with Crippen molar-refractivity contribution in [2.75, 3.05) is 46.0 Å². The van der Waals surface area contributed by atoms with Gasteiger partial charge in [-0.15, -0.1) is 0 Å². The van der Waals surface area contributed by atoms with Crippen molar-refractivity contribution in [2.24, 2.45) is 5.92 Å². The van der Waals surface area contributed by atoms with E-state index in [2.05, 4.69) is 31.0 Å². The molecule has 1 heterocycles. The number of carbonyl (C=O) groups excluding carboxylic acids is 1. The molecule has 146 valence electrons. The van der Waals surface area contributed by atoms with Crippen LogP contribution in [0.3, 0.4) is 0 Å². The Hall–Kier alpha value is -1.79. The van der Waals surface area contributed by atoms with Crippen LogP contribution in [0.25, 0.3) is 0 Å². The van der Waals surface area contributed by atoms with Gasteiger partial charge in [-0.25, -0.2) is 0 Å². The van der Waals surface area contributed by atoms with Crippen LogP contribution in [0.2, 0.25) is 0 Å². The SMILES string of the molecule is CCCOc1ccc(OCC(=O)NCC2CN(CC(C)C)CCO2)cc1. The number of benzene rings is 1. The van der Waals surface area contributed by atoms with Gasteiger partial charge in [0.05, 0.1) is 19.3 Å². The van der Waals surface area contributed by atoms with Crippen molar-refractivity contribution < 1.29 is 19.0 Å². The van der Waals surface area contributed by atoms with Gasteiger partial charge < -0.3 is 19.5 Å². The predicted molar refractivity (Wildman–Crippen MR) is 102 cm³/mol. The van der Waals surface area contributed by atoms with Gasteiger partial charge in [0.15, 0.2) is 6.61 Å². The minimum Gasteiger partial charge on any atom is -0.494 e. The van der Waals surface area contributed by atoms with Gasteiger partial charge in [0, 0.05) is 26.2 Å². The van der Waals surface area contributed by atoms with Gasteiger partial charge in [-0.3, -0.25) is 9.69 Å². The van der Waals surface area contributed by atoms with E-state index in [-0.39, 0.29) is 18.6 Å². The number of carbonyl (C=O) groups is 1. The van der Waals surface area contributed by atoms with E-state index in [4.69, 9.17) is 14.2 Å². The molecule has 1 aliphatic rings. The highest BCUT2D eigenvalue weighted by Gasteiger charge is 2.21. The third kappa shape index (κ3) is 7.62. The van der Waals surface area contributed by atoms with Gasteiger partial charge in [0.2, 0.25) is 0 Å². The molecule has 1 aromatic rings. The Balaban J connectivity index is 1.65. The number of hydrogen-bond donors (Lipinski definition) is 1. The van der Waals surface area contributed by atoms with Crippen molar-refractivity contribution >= 4 is 5.91 Å². The third-order valence-corrected chi connectivity index (χ3v) is 4.04. The maximum absolute atomic E-state index is 12.0. The van der Waals surface area contributed by atoms with Crippen LogP contribution in [0.4, 0.5) is 0 Å². The Labute approximate surface area is 156 Å². The van der Waals surface area contributed by atoms with E-state index < -0.39 is 0 Å². The van der Waals surface area contributed by atoms with E-state index in [1.54, 1.807) is 0 Å². The molecule has 0 aliphatic carbocycles. The second-order valence-electron chi connectivity index (χ2n) is 7.06. The number of morpholine rings is 1. The average Bonchev–Trinajstić information content (AvgIpc) is 2.63. The fourth-order valence-corrected chi connectivity index (χ4v) is 2.87. The summed E-state index contributed by atoms with van der Waals surface area (Å²) >= 11 is 0. The number of nitrogens with one attached hydrogen (secondary N) is 1. The lowest BCUT2D eigenvalue weighted by Crippen LogP contribution is -2.48. The minimum absolute atomic E-state index is 0.00239. The Morgan fingerprint density at radius 1 is 1.27 bits per heavy atom. The third-order valence-electron chi connectivity index (χ3n) is 4.04. The van der Waals surface area contributed by atoms with E-state index >= 15 is 0 Å². The Kier molecular flexibility index (Phi) is 8.71. The van der Waals surface area contributed by atoms with Crippen molar-refractivity contribution in [3.8, 4) is 11.5 Å². The lowest BCUT2D eigenvalue weighted by Gasteiger charge is -2.33. The standard InChI is InChI=1S/C20H32N2O4/c1-4-10-24-17-5-7-18(8-6-17)26-15-20(23)21-12-19-14-22(9-11-25-19)13-16(2)3/h5-8,16,19H,4,9-15H2,1-3H3,(H,21,23). The quantitative estimate of drug-likeness (QED) is 0.690. The maximum atomic E-state index is 12.0. The highest BCUT2D eigenvalue weighted by Crippen LogP contribution is 2.17. The van der Waals surface area contributed by atoms with Gasteiger partial charge in [-0.2, -0.15) is 0 Å². The molecule has 1 amide bonds. The van der Waals surface area contributed by atoms with Crippen LogP contribution in [0.15, 0.2) is 24.3 Å². The molecule has 1 saturated heterocycles. The summed E-state index contributed by atoms with van der Waals surface area (Å²) in [6.07, 6.45) is 1.01. The van der Waals surface area contributed by atoms with E-state index in [1.807, 2.05) is 24.3 Å². The normalized spacial score (nSPS) is 17.9. The zero-order valence-corrected chi connectivity index (χ0v) is 16.2. The van der Waals surface area contributed by atoms with Crippen LogP contribution in [0.5, 0.6) is 11.5 Å². The summed E-state index contributed by atoms with van der Waals surface area (Å²) in [5, 5.41) is 2.90. The first-order chi connectivity index (χ1) is 12.6. The van der Waals surface area contributed by atoms with E-state index in [9.17, 15) is 4.79 Å². The van der Waals surface area contributed by atoms with E-state index in [1.165, 1.54) is 0 Å². The Morgan fingerprint density at radius 3 is 2.62 bits per heavy atom. The molecule has 6 nitrogen and oxygen atoms in total. The fraction of sp³-hybridized carbons (Fsp3) is 0.650. The van der Waals surface area contributed by atoms with Crippen molar-refractivity contribution in [3.63, 3.8) is 0 Å². The minimum atomic E-state index is -0.138. The monoisotopic (exact) mass is 364 g/mol. The van der Waals surface area contributed by atoms with Gasteiger partial charge >= 0.3 is 0 Å². The number of nitrogens with zero attached hydrogens (tertiary/aromatic N) is 1. The Morgan fingerprint density at radius 2 is 1.96 bits per heavy atom. The maximum Gasteiger partial charge on any atom is 0.258 e. The highest BCUT2D eigenvalue weighted by molar-refractivity contribution is 5.77. The van der Waals surface area contributed by atoms with Crippen LogP contribution in [0.1, 0.15) is 27.2 Å². The highest BCUT2D eigenvalue weighted by atomic mass is 16.5. The molecule has 1 N–H and O–H groups in total. The Bertz CT molecular complexity index is 533. The topological polar surface area (TPSA) is 60.0 Å². The zero-order valence-electron chi connectivity index (χ0n) is 16.2. The van der Waals surface area contributed by atoms with Gasteiger partial charge in [-0.1, -0.05) is 20.8 Å². The molecule has 1 unspecified atom stereocenters. The molecule has 6 heteroatoms. The summed E-state index contributed by atoms with van der Waals surface area (Å²) < 4.78 is 16.8. The largest absolute Gasteiger partial charge is 0.494 e. The molecule has 1 aliphatic heterocycles. The van der Waals surface area contributed by atoms with Crippen molar-refractivity contribution in [2.45, 2.75) is 33.3 Å². The molecule has 1 aromatic carbocycles. The summed E-state index contributed by atoms with van der Waals surface area (Å²) in [5.74, 6) is 1.96. The molecule has 0 saturated carbocycles. The summed E-state index contributed by atoms with van der Waals surface area (Å²) in [4.78, 5) is 14.4. The molecule has 0 aromatic heterocycles. The van der Waals surface area contributed by atoms with E-state index in [0.29, 0.717) is 24.8 Å². The smallest absolute Gasteiger partial charge is 0.258 e. The van der Waals surface area contributed by atoms with Gasteiger partial charge in [0.1, 0.15) is 11.5 Å². The number of hydrogen-bond acceptors (Lipinski definition) is 5. The number of amides is 1. The van der Waals surface area contributed by atoms with Crippen LogP contribution in [-0.2, 0) is 9.53 Å². The molecular weight excluding hydrogens is 332 g/mol. The van der Waals surface area contributed by atoms with Crippen molar-refractivity contribution in [3.05, 3.63) is 24.3 Å². The fourth-order valence-electron chi connectivity index (χ4n) is 2.87. The zero-order chi connectivity index (χ0) is 18.8. The summed E-state index contributed by atoms with van der Waals surface area (Å²) in [5.41, 5.74) is 0. The molecule has 1 fully saturated rings. The second-order valence-corrected chi connectivity index (χ2v) is 7.06. The van der Waals surface area contributed by atoms with Crippen LogP contribution < -0.4 is 14.8 Å². The molecular formula is C20H32N2O4. The first-order valence-electron chi connectivity index (χ1n) is 9.53. The van der Waals surface area contributed by atoms with E-state index in [0.717, 1.165) is 38.4 Å². The van der Waals surface area contributed by atoms with Crippen molar-refractivity contribution in [1.29, 1.82) is 0 Å². The van der Waals surface area contributed by atoms with Crippen molar-refractivity contribution in [1.82, 2.24) is 10.2 Å². The summed E-state index contributed by atoms with van der Waals surface area (Å²) in [6.45, 7) is 11.3. The van der Waals surface area contributed by atoms with Crippen LogP contribution >= 0.6 is 0 Å².